The lowest BCUT2D eigenvalue weighted by atomic mass is 10.1. The molecule has 0 spiro atoms. The first-order chi connectivity index (χ1) is 9.69. The summed E-state index contributed by atoms with van der Waals surface area (Å²) >= 11 is 1.41. The van der Waals surface area contributed by atoms with Crippen LogP contribution in [0.3, 0.4) is 0 Å². The van der Waals surface area contributed by atoms with Crippen LogP contribution in [0.15, 0.2) is 41.8 Å². The Morgan fingerprint density at radius 3 is 2.65 bits per heavy atom. The summed E-state index contributed by atoms with van der Waals surface area (Å²) in [6.07, 6.45) is 0.745. The molecule has 1 aromatic heterocycles. The van der Waals surface area contributed by atoms with Crippen LogP contribution in [-0.4, -0.2) is 28.8 Å². The van der Waals surface area contributed by atoms with Gasteiger partial charge in [-0.1, -0.05) is 30.3 Å². The van der Waals surface area contributed by atoms with Gasteiger partial charge in [0.05, 0.1) is 12.2 Å². The number of carbonyl (C=O) groups is 1. The number of nitrogens with one attached hydrogen (secondary N) is 1. The van der Waals surface area contributed by atoms with Crippen molar-refractivity contribution in [2.45, 2.75) is 19.0 Å². The maximum Gasteiger partial charge on any atom is 0.336 e. The summed E-state index contributed by atoms with van der Waals surface area (Å²) in [6.45, 7) is 0.613. The number of rotatable bonds is 7. The number of thiophene rings is 1. The average molecular weight is 291 g/mol. The van der Waals surface area contributed by atoms with Gasteiger partial charge in [-0.2, -0.15) is 0 Å². The van der Waals surface area contributed by atoms with Crippen molar-refractivity contribution >= 4 is 17.3 Å². The number of hydrogen-bond acceptors (Lipinski definition) is 4. The van der Waals surface area contributed by atoms with Crippen molar-refractivity contribution < 1.29 is 15.0 Å². The third-order valence-electron chi connectivity index (χ3n) is 3.01. The van der Waals surface area contributed by atoms with Crippen LogP contribution in [0, 0.1) is 0 Å². The maximum atomic E-state index is 10.8. The zero-order valence-electron chi connectivity index (χ0n) is 11.0. The van der Waals surface area contributed by atoms with Crippen LogP contribution >= 0.6 is 11.3 Å². The molecule has 3 N–H and O–H groups in total. The number of carboxylic acids is 1. The predicted octanol–water partition coefficient (Wildman–Crippen LogP) is 2.14. The Balaban J connectivity index is 1.88. The highest BCUT2D eigenvalue weighted by molar-refractivity contribution is 7.10. The third-order valence-corrected chi connectivity index (χ3v) is 3.95. The summed E-state index contributed by atoms with van der Waals surface area (Å²) in [5.74, 6) is -0.907. The van der Waals surface area contributed by atoms with E-state index >= 15 is 0 Å². The van der Waals surface area contributed by atoms with E-state index in [4.69, 9.17) is 5.11 Å². The van der Waals surface area contributed by atoms with E-state index in [1.54, 1.807) is 11.4 Å². The first-order valence-corrected chi connectivity index (χ1v) is 7.26. The summed E-state index contributed by atoms with van der Waals surface area (Å²) in [4.78, 5) is 11.7. The van der Waals surface area contributed by atoms with Crippen molar-refractivity contribution in [3.8, 4) is 0 Å². The fraction of sp³-hybridized carbons (Fsp3) is 0.267. The Bertz CT molecular complexity index is 553. The summed E-state index contributed by atoms with van der Waals surface area (Å²) in [6, 6.07) is 11.6. The number of aliphatic hydroxyl groups excluding tert-OH is 1. The molecule has 2 aromatic rings. The molecule has 0 fully saturated rings. The molecule has 1 aromatic carbocycles. The van der Waals surface area contributed by atoms with Crippen molar-refractivity contribution in [1.82, 2.24) is 5.32 Å². The van der Waals surface area contributed by atoms with Crippen molar-refractivity contribution in [2.24, 2.45) is 0 Å². The molecule has 1 unspecified atom stereocenters. The molecule has 1 heterocycles. The Labute approximate surface area is 121 Å². The fourth-order valence-electron chi connectivity index (χ4n) is 1.93. The van der Waals surface area contributed by atoms with Gasteiger partial charge in [-0.25, -0.2) is 4.79 Å². The Kier molecular flexibility index (Phi) is 5.29. The largest absolute Gasteiger partial charge is 0.478 e. The summed E-state index contributed by atoms with van der Waals surface area (Å²) in [5, 5.41) is 23.2. The molecule has 5 heteroatoms. The van der Waals surface area contributed by atoms with Crippen molar-refractivity contribution in [1.29, 1.82) is 0 Å². The van der Waals surface area contributed by atoms with Gasteiger partial charge in [0, 0.05) is 22.8 Å². The number of benzene rings is 1. The van der Waals surface area contributed by atoms with Crippen LogP contribution in [-0.2, 0) is 13.0 Å². The second kappa shape index (κ2) is 7.19. The zero-order chi connectivity index (χ0) is 14.4. The van der Waals surface area contributed by atoms with Gasteiger partial charge >= 0.3 is 5.97 Å². The lowest BCUT2D eigenvalue weighted by molar-refractivity contribution is 0.0697. The molecule has 0 aliphatic rings. The lowest BCUT2D eigenvalue weighted by Crippen LogP contribution is -2.33. The average Bonchev–Trinajstić information content (AvgIpc) is 2.93. The van der Waals surface area contributed by atoms with E-state index < -0.39 is 5.97 Å². The normalized spacial score (nSPS) is 12.2. The molecule has 1 atom stereocenters. The maximum absolute atomic E-state index is 10.8. The minimum Gasteiger partial charge on any atom is -0.478 e. The number of aliphatic hydroxyl groups is 1. The van der Waals surface area contributed by atoms with E-state index in [-0.39, 0.29) is 12.6 Å². The van der Waals surface area contributed by atoms with E-state index in [0.717, 1.165) is 16.9 Å². The monoisotopic (exact) mass is 291 g/mol. The molecule has 2 rings (SSSR count). The Hall–Kier alpha value is -1.69. The van der Waals surface area contributed by atoms with Crippen molar-refractivity contribution in [3.63, 3.8) is 0 Å². The van der Waals surface area contributed by atoms with E-state index in [9.17, 15) is 9.90 Å². The lowest BCUT2D eigenvalue weighted by Gasteiger charge is -2.15. The molecule has 0 radical (unpaired) electrons. The SMILES string of the molecule is O=C(O)c1csc(CNC(CO)Cc2ccccc2)c1. The van der Waals surface area contributed by atoms with E-state index in [2.05, 4.69) is 5.32 Å². The smallest absolute Gasteiger partial charge is 0.336 e. The van der Waals surface area contributed by atoms with E-state index in [1.807, 2.05) is 30.3 Å². The molecule has 4 nitrogen and oxygen atoms in total. The zero-order valence-corrected chi connectivity index (χ0v) is 11.8. The number of hydrogen-bond donors (Lipinski definition) is 3. The predicted molar refractivity (Wildman–Crippen MR) is 79.1 cm³/mol. The third kappa shape index (κ3) is 4.16. The molecule has 0 aliphatic heterocycles. The molecule has 0 bridgehead atoms. The standard InChI is InChI=1S/C15H17NO3S/c17-9-13(6-11-4-2-1-3-5-11)16-8-14-7-12(10-20-14)15(18)19/h1-5,7,10,13,16-17H,6,8-9H2,(H,18,19). The van der Waals surface area contributed by atoms with Crippen molar-refractivity contribution in [2.75, 3.05) is 6.61 Å². The molecular weight excluding hydrogens is 274 g/mol. The van der Waals surface area contributed by atoms with Gasteiger partial charge in [0.25, 0.3) is 0 Å². The Morgan fingerprint density at radius 1 is 1.30 bits per heavy atom. The topological polar surface area (TPSA) is 69.6 Å². The van der Waals surface area contributed by atoms with Gasteiger partial charge in [0.2, 0.25) is 0 Å². The molecule has 106 valence electrons. The number of aromatic carboxylic acids is 1. The molecule has 0 saturated heterocycles. The van der Waals surface area contributed by atoms with E-state index in [0.29, 0.717) is 12.1 Å². The first kappa shape index (κ1) is 14.7. The van der Waals surface area contributed by atoms with Gasteiger partial charge in [0.15, 0.2) is 0 Å². The van der Waals surface area contributed by atoms with Crippen LogP contribution in [0.4, 0.5) is 0 Å². The molecule has 20 heavy (non-hydrogen) atoms. The Morgan fingerprint density at radius 2 is 2.05 bits per heavy atom. The molecular formula is C15H17NO3S. The fourth-order valence-corrected chi connectivity index (χ4v) is 2.74. The van der Waals surface area contributed by atoms with Gasteiger partial charge in [-0.05, 0) is 18.1 Å². The minimum absolute atomic E-state index is 0.0345. The second-order valence-electron chi connectivity index (χ2n) is 4.56. The van der Waals surface area contributed by atoms with Gasteiger partial charge in [-0.15, -0.1) is 11.3 Å². The summed E-state index contributed by atoms with van der Waals surface area (Å²) < 4.78 is 0. The second-order valence-corrected chi connectivity index (χ2v) is 5.55. The van der Waals surface area contributed by atoms with Gasteiger partial charge in [-0.3, -0.25) is 0 Å². The van der Waals surface area contributed by atoms with Crippen LogP contribution in [0.1, 0.15) is 20.8 Å². The highest BCUT2D eigenvalue weighted by Gasteiger charge is 2.10. The van der Waals surface area contributed by atoms with Crippen LogP contribution < -0.4 is 5.32 Å². The summed E-state index contributed by atoms with van der Waals surface area (Å²) in [5.41, 5.74) is 1.48. The van der Waals surface area contributed by atoms with Crippen molar-refractivity contribution in [3.05, 3.63) is 57.8 Å². The highest BCUT2D eigenvalue weighted by Crippen LogP contribution is 2.15. The highest BCUT2D eigenvalue weighted by atomic mass is 32.1. The quantitative estimate of drug-likeness (QED) is 0.731. The minimum atomic E-state index is -0.907. The first-order valence-electron chi connectivity index (χ1n) is 6.38. The molecule has 0 aliphatic carbocycles. The van der Waals surface area contributed by atoms with E-state index in [1.165, 1.54) is 11.3 Å². The van der Waals surface area contributed by atoms with Crippen LogP contribution in [0.25, 0.3) is 0 Å². The molecule has 0 saturated carbocycles. The van der Waals surface area contributed by atoms with Crippen LogP contribution in [0.5, 0.6) is 0 Å². The van der Waals surface area contributed by atoms with Gasteiger partial charge < -0.3 is 15.5 Å². The summed E-state index contributed by atoms with van der Waals surface area (Å²) in [7, 11) is 0. The van der Waals surface area contributed by atoms with Crippen LogP contribution in [0.2, 0.25) is 0 Å². The molecule has 0 amide bonds. The van der Waals surface area contributed by atoms with Gasteiger partial charge in [0.1, 0.15) is 0 Å². The number of carboxylic acid groups (broad SMARTS) is 1.